The van der Waals surface area contributed by atoms with Crippen LogP contribution < -0.4 is 5.32 Å². The Labute approximate surface area is 197 Å². The molecule has 1 unspecified atom stereocenters. The summed E-state index contributed by atoms with van der Waals surface area (Å²) in [4.78, 5) is 31.9. The SMILES string of the molecule is CCc1ccccc1NC(=O)CN1CCN(C(=O)C2CCN(C3CCS(=O)(=O)C3)CC2)CC1. The lowest BCUT2D eigenvalue weighted by atomic mass is 9.94. The molecule has 9 heteroatoms. The van der Waals surface area contributed by atoms with Crippen molar-refractivity contribution in [2.45, 2.75) is 38.6 Å². The third-order valence-electron chi connectivity index (χ3n) is 7.33. The summed E-state index contributed by atoms with van der Waals surface area (Å²) in [7, 11) is -2.88. The van der Waals surface area contributed by atoms with Gasteiger partial charge in [0, 0.05) is 43.8 Å². The number of rotatable bonds is 6. The number of carbonyl (C=O) groups excluding carboxylic acids is 2. The van der Waals surface area contributed by atoms with Gasteiger partial charge < -0.3 is 10.2 Å². The summed E-state index contributed by atoms with van der Waals surface area (Å²) < 4.78 is 23.5. The van der Waals surface area contributed by atoms with Crippen molar-refractivity contribution in [3.8, 4) is 0 Å². The van der Waals surface area contributed by atoms with E-state index in [2.05, 4.69) is 22.0 Å². The lowest BCUT2D eigenvalue weighted by molar-refractivity contribution is -0.139. The zero-order valence-corrected chi connectivity index (χ0v) is 20.4. The Morgan fingerprint density at radius 1 is 1.00 bits per heavy atom. The van der Waals surface area contributed by atoms with Gasteiger partial charge in [0.25, 0.3) is 0 Å². The third-order valence-corrected chi connectivity index (χ3v) is 9.08. The number of likely N-dealkylation sites (tertiary alicyclic amines) is 1. The van der Waals surface area contributed by atoms with Crippen molar-refractivity contribution in [3.63, 3.8) is 0 Å². The first-order valence-electron chi connectivity index (χ1n) is 12.2. The van der Waals surface area contributed by atoms with E-state index in [4.69, 9.17) is 0 Å². The molecule has 3 aliphatic heterocycles. The van der Waals surface area contributed by atoms with Crippen LogP contribution in [0.15, 0.2) is 24.3 Å². The number of sulfone groups is 1. The van der Waals surface area contributed by atoms with Gasteiger partial charge in [-0.25, -0.2) is 8.42 Å². The summed E-state index contributed by atoms with van der Waals surface area (Å²) in [6.45, 7) is 6.72. The number of amides is 2. The molecule has 182 valence electrons. The fourth-order valence-electron chi connectivity index (χ4n) is 5.30. The van der Waals surface area contributed by atoms with Crippen LogP contribution in [-0.4, -0.2) is 98.3 Å². The molecule has 0 aliphatic carbocycles. The van der Waals surface area contributed by atoms with E-state index in [0.717, 1.165) is 50.0 Å². The predicted octanol–water partition coefficient (Wildman–Crippen LogP) is 1.23. The summed E-state index contributed by atoms with van der Waals surface area (Å²) in [5.74, 6) is 0.793. The van der Waals surface area contributed by atoms with Crippen LogP contribution in [0.5, 0.6) is 0 Å². The Hall–Kier alpha value is -1.97. The Bertz CT molecular complexity index is 951. The van der Waals surface area contributed by atoms with Crippen molar-refractivity contribution >= 4 is 27.3 Å². The van der Waals surface area contributed by atoms with Gasteiger partial charge in [-0.05, 0) is 50.4 Å². The van der Waals surface area contributed by atoms with Gasteiger partial charge in [-0.1, -0.05) is 25.1 Å². The van der Waals surface area contributed by atoms with Gasteiger partial charge in [0.1, 0.15) is 0 Å². The molecule has 1 atom stereocenters. The van der Waals surface area contributed by atoms with Crippen LogP contribution in [-0.2, 0) is 25.8 Å². The molecule has 1 aromatic carbocycles. The highest BCUT2D eigenvalue weighted by atomic mass is 32.2. The van der Waals surface area contributed by atoms with Crippen molar-refractivity contribution in [1.29, 1.82) is 0 Å². The molecular formula is C24H36N4O4S. The topological polar surface area (TPSA) is 90.0 Å². The van der Waals surface area contributed by atoms with Crippen molar-refractivity contribution < 1.29 is 18.0 Å². The van der Waals surface area contributed by atoms with E-state index < -0.39 is 9.84 Å². The van der Waals surface area contributed by atoms with Crippen LogP contribution >= 0.6 is 0 Å². The molecule has 0 saturated carbocycles. The number of benzene rings is 1. The van der Waals surface area contributed by atoms with Crippen molar-refractivity contribution in [1.82, 2.24) is 14.7 Å². The highest BCUT2D eigenvalue weighted by Crippen LogP contribution is 2.26. The number of nitrogens with zero attached hydrogens (tertiary/aromatic N) is 3. The molecule has 2 amide bonds. The standard InChI is InChI=1S/C24H36N4O4S/c1-2-19-5-3-4-6-22(19)25-23(29)17-26-12-14-28(15-13-26)24(30)20-7-10-27(11-8-20)21-9-16-33(31,32)18-21/h3-6,20-21H,2,7-18H2,1H3,(H,25,29). The van der Waals surface area contributed by atoms with Crippen LogP contribution in [0.2, 0.25) is 0 Å². The summed E-state index contributed by atoms with van der Waals surface area (Å²) in [6.07, 6.45) is 3.19. The van der Waals surface area contributed by atoms with E-state index in [9.17, 15) is 18.0 Å². The fraction of sp³-hybridized carbons (Fsp3) is 0.667. The van der Waals surface area contributed by atoms with E-state index in [0.29, 0.717) is 38.5 Å². The smallest absolute Gasteiger partial charge is 0.238 e. The number of hydrogen-bond acceptors (Lipinski definition) is 6. The second-order valence-electron chi connectivity index (χ2n) is 9.53. The van der Waals surface area contributed by atoms with E-state index in [-0.39, 0.29) is 29.5 Å². The Balaban J connectivity index is 1.19. The molecule has 1 aromatic rings. The average Bonchev–Trinajstić information content (AvgIpc) is 3.19. The maximum Gasteiger partial charge on any atom is 0.238 e. The number of aryl methyl sites for hydroxylation is 1. The number of nitrogens with one attached hydrogen (secondary N) is 1. The molecule has 0 bridgehead atoms. The lowest BCUT2D eigenvalue weighted by Crippen LogP contribution is -2.53. The summed E-state index contributed by atoms with van der Waals surface area (Å²) >= 11 is 0. The zero-order chi connectivity index (χ0) is 23.4. The van der Waals surface area contributed by atoms with E-state index >= 15 is 0 Å². The minimum Gasteiger partial charge on any atom is -0.340 e. The fourth-order valence-corrected chi connectivity index (χ4v) is 7.06. The minimum atomic E-state index is -2.88. The largest absolute Gasteiger partial charge is 0.340 e. The lowest BCUT2D eigenvalue weighted by Gasteiger charge is -2.39. The molecule has 0 spiro atoms. The summed E-state index contributed by atoms with van der Waals surface area (Å²) in [5.41, 5.74) is 2.00. The Kier molecular flexibility index (Phi) is 7.71. The summed E-state index contributed by atoms with van der Waals surface area (Å²) in [5, 5.41) is 3.02. The third kappa shape index (κ3) is 6.13. The van der Waals surface area contributed by atoms with Gasteiger partial charge in [0.15, 0.2) is 9.84 Å². The van der Waals surface area contributed by atoms with Crippen LogP contribution in [0.1, 0.15) is 31.7 Å². The second-order valence-corrected chi connectivity index (χ2v) is 11.8. The Morgan fingerprint density at radius 2 is 1.70 bits per heavy atom. The molecular weight excluding hydrogens is 440 g/mol. The maximum absolute atomic E-state index is 13.0. The number of piperazine rings is 1. The molecule has 3 fully saturated rings. The second kappa shape index (κ2) is 10.5. The van der Waals surface area contributed by atoms with Crippen molar-refractivity contribution in [3.05, 3.63) is 29.8 Å². The van der Waals surface area contributed by atoms with Crippen LogP contribution in [0.3, 0.4) is 0 Å². The van der Waals surface area contributed by atoms with Crippen LogP contribution in [0.25, 0.3) is 0 Å². The number of hydrogen-bond donors (Lipinski definition) is 1. The minimum absolute atomic E-state index is 0.0167. The zero-order valence-electron chi connectivity index (χ0n) is 19.5. The molecule has 0 aromatic heterocycles. The van der Waals surface area contributed by atoms with E-state index in [1.807, 2.05) is 29.2 Å². The summed E-state index contributed by atoms with van der Waals surface area (Å²) in [6, 6.07) is 8.00. The molecule has 1 N–H and O–H groups in total. The van der Waals surface area contributed by atoms with Gasteiger partial charge in [0.2, 0.25) is 11.8 Å². The molecule has 3 saturated heterocycles. The molecule has 0 radical (unpaired) electrons. The number of piperidine rings is 1. The monoisotopic (exact) mass is 476 g/mol. The highest BCUT2D eigenvalue weighted by Gasteiger charge is 2.36. The highest BCUT2D eigenvalue weighted by molar-refractivity contribution is 7.91. The quantitative estimate of drug-likeness (QED) is 0.664. The molecule has 33 heavy (non-hydrogen) atoms. The average molecular weight is 477 g/mol. The Morgan fingerprint density at radius 3 is 2.33 bits per heavy atom. The first kappa shape index (κ1) is 24.2. The molecule has 8 nitrogen and oxygen atoms in total. The maximum atomic E-state index is 13.0. The normalized spacial score (nSPS) is 24.6. The first-order valence-corrected chi connectivity index (χ1v) is 14.0. The molecule has 3 aliphatic rings. The van der Waals surface area contributed by atoms with Crippen LogP contribution in [0, 0.1) is 5.92 Å². The van der Waals surface area contributed by atoms with Crippen molar-refractivity contribution in [2.24, 2.45) is 5.92 Å². The number of anilines is 1. The van der Waals surface area contributed by atoms with E-state index in [1.54, 1.807) is 0 Å². The first-order chi connectivity index (χ1) is 15.8. The van der Waals surface area contributed by atoms with Gasteiger partial charge in [-0.2, -0.15) is 0 Å². The number of carbonyl (C=O) groups is 2. The van der Waals surface area contributed by atoms with Gasteiger partial charge in [0.05, 0.1) is 18.1 Å². The van der Waals surface area contributed by atoms with Gasteiger partial charge in [-0.3, -0.25) is 19.4 Å². The molecule has 4 rings (SSSR count). The predicted molar refractivity (Wildman–Crippen MR) is 129 cm³/mol. The van der Waals surface area contributed by atoms with Gasteiger partial charge in [-0.15, -0.1) is 0 Å². The van der Waals surface area contributed by atoms with Crippen molar-refractivity contribution in [2.75, 3.05) is 62.6 Å². The number of para-hydroxylation sites is 1. The molecule has 3 heterocycles. The van der Waals surface area contributed by atoms with E-state index in [1.165, 1.54) is 0 Å². The van der Waals surface area contributed by atoms with Crippen LogP contribution in [0.4, 0.5) is 5.69 Å². The van der Waals surface area contributed by atoms with Gasteiger partial charge >= 0.3 is 0 Å².